The molecule has 1 aliphatic heterocycles. The van der Waals surface area contributed by atoms with Gasteiger partial charge in [-0.3, -0.25) is 4.79 Å². The predicted octanol–water partition coefficient (Wildman–Crippen LogP) is 2.37. The van der Waals surface area contributed by atoms with Gasteiger partial charge in [-0.05, 0) is 37.6 Å². The Morgan fingerprint density at radius 1 is 1.44 bits per heavy atom. The van der Waals surface area contributed by atoms with Gasteiger partial charge in [-0.1, -0.05) is 12.5 Å². The summed E-state index contributed by atoms with van der Waals surface area (Å²) in [6.45, 7) is 1.02. The molecule has 1 aromatic rings. The van der Waals surface area contributed by atoms with Gasteiger partial charge >= 0.3 is 0 Å². The summed E-state index contributed by atoms with van der Waals surface area (Å²) in [5, 5.41) is 6.29. The lowest BCUT2D eigenvalue weighted by Crippen LogP contribution is -2.42. The van der Waals surface area contributed by atoms with Crippen molar-refractivity contribution in [2.75, 3.05) is 24.7 Å². The van der Waals surface area contributed by atoms with Gasteiger partial charge < -0.3 is 10.6 Å². The van der Waals surface area contributed by atoms with Crippen LogP contribution in [-0.2, 0) is 10.2 Å². The topological polar surface area (TPSA) is 41.1 Å². The minimum atomic E-state index is 0.112. The SMILES string of the molecule is CNCC1(c2ccc3c(c2)NC(=O)CS3)CCC1. The average Bonchev–Trinajstić information content (AvgIpc) is 2.33. The van der Waals surface area contributed by atoms with E-state index in [-0.39, 0.29) is 11.3 Å². The summed E-state index contributed by atoms with van der Waals surface area (Å²) in [6.07, 6.45) is 3.79. The van der Waals surface area contributed by atoms with Crippen molar-refractivity contribution in [3.63, 3.8) is 0 Å². The molecule has 1 saturated carbocycles. The number of amides is 1. The molecule has 0 radical (unpaired) electrons. The molecule has 3 nitrogen and oxygen atoms in total. The zero-order valence-electron chi connectivity index (χ0n) is 10.6. The fourth-order valence-electron chi connectivity index (χ4n) is 2.92. The lowest BCUT2D eigenvalue weighted by Gasteiger charge is -2.43. The lowest BCUT2D eigenvalue weighted by molar-refractivity contribution is -0.113. The molecule has 4 heteroatoms. The monoisotopic (exact) mass is 262 g/mol. The van der Waals surface area contributed by atoms with Crippen molar-refractivity contribution in [2.24, 2.45) is 0 Å². The number of likely N-dealkylation sites (N-methyl/N-ethyl adjacent to an activating group) is 1. The van der Waals surface area contributed by atoms with Gasteiger partial charge in [0.05, 0.1) is 11.4 Å². The normalized spacial score (nSPS) is 20.8. The fraction of sp³-hybridized carbons (Fsp3) is 0.500. The summed E-state index contributed by atoms with van der Waals surface area (Å²) >= 11 is 1.63. The van der Waals surface area contributed by atoms with Crippen LogP contribution in [0.25, 0.3) is 0 Å². The Bertz CT molecular complexity index is 483. The quantitative estimate of drug-likeness (QED) is 0.878. The number of hydrogen-bond acceptors (Lipinski definition) is 3. The molecular weight excluding hydrogens is 244 g/mol. The van der Waals surface area contributed by atoms with Crippen molar-refractivity contribution in [2.45, 2.75) is 29.6 Å². The molecule has 96 valence electrons. The zero-order chi connectivity index (χ0) is 12.6. The third kappa shape index (κ3) is 1.93. The molecule has 1 aromatic carbocycles. The summed E-state index contributed by atoms with van der Waals surface area (Å²) in [5.41, 5.74) is 2.65. The van der Waals surface area contributed by atoms with Crippen LogP contribution in [0.15, 0.2) is 23.1 Å². The summed E-state index contributed by atoms with van der Waals surface area (Å²) in [6, 6.07) is 6.57. The highest BCUT2D eigenvalue weighted by Gasteiger charge is 2.38. The number of carbonyl (C=O) groups is 1. The van der Waals surface area contributed by atoms with Crippen LogP contribution in [0.2, 0.25) is 0 Å². The Balaban J connectivity index is 1.93. The van der Waals surface area contributed by atoms with Gasteiger partial charge in [0.1, 0.15) is 0 Å². The first kappa shape index (κ1) is 12.1. The molecular formula is C14H18N2OS. The molecule has 1 heterocycles. The molecule has 0 atom stereocenters. The Hall–Kier alpha value is -1.000. The van der Waals surface area contributed by atoms with Gasteiger partial charge in [-0.15, -0.1) is 11.8 Å². The number of anilines is 1. The second kappa shape index (κ2) is 4.59. The van der Waals surface area contributed by atoms with Crippen LogP contribution in [0.3, 0.4) is 0 Å². The molecule has 0 spiro atoms. The number of nitrogens with one attached hydrogen (secondary N) is 2. The molecule has 3 rings (SSSR count). The standard InChI is InChI=1S/C14H18N2OS/c1-15-9-14(5-2-6-14)10-3-4-12-11(7-10)16-13(17)8-18-12/h3-4,7,15H,2,5-6,8-9H2,1H3,(H,16,17). The van der Waals surface area contributed by atoms with Crippen molar-refractivity contribution in [3.8, 4) is 0 Å². The third-order valence-electron chi connectivity index (χ3n) is 4.05. The van der Waals surface area contributed by atoms with E-state index in [1.165, 1.54) is 29.7 Å². The van der Waals surface area contributed by atoms with E-state index in [2.05, 4.69) is 28.8 Å². The Morgan fingerprint density at radius 3 is 2.94 bits per heavy atom. The van der Waals surface area contributed by atoms with E-state index in [9.17, 15) is 4.79 Å². The van der Waals surface area contributed by atoms with Crippen molar-refractivity contribution in [1.29, 1.82) is 0 Å². The number of hydrogen-bond donors (Lipinski definition) is 2. The second-order valence-corrected chi connectivity index (χ2v) is 6.23. The highest BCUT2D eigenvalue weighted by atomic mass is 32.2. The molecule has 2 N–H and O–H groups in total. The van der Waals surface area contributed by atoms with E-state index in [1.54, 1.807) is 11.8 Å². The van der Waals surface area contributed by atoms with Crippen molar-refractivity contribution in [3.05, 3.63) is 23.8 Å². The Labute approximate surface area is 112 Å². The highest BCUT2D eigenvalue weighted by Crippen LogP contribution is 2.45. The molecule has 2 aliphatic rings. The van der Waals surface area contributed by atoms with Gasteiger partial charge in [0.2, 0.25) is 5.91 Å². The second-order valence-electron chi connectivity index (χ2n) is 5.21. The Morgan fingerprint density at radius 2 is 2.28 bits per heavy atom. The van der Waals surface area contributed by atoms with E-state index in [0.29, 0.717) is 5.75 Å². The smallest absolute Gasteiger partial charge is 0.234 e. The maximum absolute atomic E-state index is 11.5. The largest absolute Gasteiger partial charge is 0.324 e. The number of carbonyl (C=O) groups excluding carboxylic acids is 1. The summed E-state index contributed by atoms with van der Waals surface area (Å²) in [7, 11) is 2.01. The molecule has 1 fully saturated rings. The van der Waals surface area contributed by atoms with Gasteiger partial charge in [-0.2, -0.15) is 0 Å². The van der Waals surface area contributed by atoms with Crippen LogP contribution in [0.1, 0.15) is 24.8 Å². The van der Waals surface area contributed by atoms with Gasteiger partial charge in [-0.25, -0.2) is 0 Å². The number of fused-ring (bicyclic) bond motifs is 1. The van der Waals surface area contributed by atoms with Crippen molar-refractivity contribution < 1.29 is 4.79 Å². The molecule has 0 bridgehead atoms. The maximum atomic E-state index is 11.5. The summed E-state index contributed by atoms with van der Waals surface area (Å²) in [4.78, 5) is 12.6. The van der Waals surface area contributed by atoms with Crippen LogP contribution in [0, 0.1) is 0 Å². The first-order chi connectivity index (χ1) is 8.73. The summed E-state index contributed by atoms with van der Waals surface area (Å²) in [5.74, 6) is 0.648. The van der Waals surface area contributed by atoms with Gasteiger partial charge in [0.25, 0.3) is 0 Å². The fourth-order valence-corrected chi connectivity index (χ4v) is 3.71. The van der Waals surface area contributed by atoms with Crippen molar-refractivity contribution >= 4 is 23.4 Å². The minimum Gasteiger partial charge on any atom is -0.324 e. The van der Waals surface area contributed by atoms with E-state index >= 15 is 0 Å². The van der Waals surface area contributed by atoms with E-state index in [4.69, 9.17) is 0 Å². The number of benzene rings is 1. The molecule has 1 aliphatic carbocycles. The number of rotatable bonds is 3. The molecule has 1 amide bonds. The predicted molar refractivity (Wildman–Crippen MR) is 75.3 cm³/mol. The first-order valence-electron chi connectivity index (χ1n) is 6.45. The van der Waals surface area contributed by atoms with Crippen LogP contribution in [0.5, 0.6) is 0 Å². The zero-order valence-corrected chi connectivity index (χ0v) is 11.4. The molecule has 0 saturated heterocycles. The lowest BCUT2D eigenvalue weighted by atomic mass is 9.64. The number of thioether (sulfide) groups is 1. The van der Waals surface area contributed by atoms with Crippen LogP contribution >= 0.6 is 11.8 Å². The summed E-state index contributed by atoms with van der Waals surface area (Å²) < 4.78 is 0. The molecule has 18 heavy (non-hydrogen) atoms. The third-order valence-corrected chi connectivity index (χ3v) is 5.12. The van der Waals surface area contributed by atoms with Crippen LogP contribution < -0.4 is 10.6 Å². The van der Waals surface area contributed by atoms with E-state index in [0.717, 1.165) is 12.2 Å². The van der Waals surface area contributed by atoms with E-state index in [1.807, 2.05) is 7.05 Å². The van der Waals surface area contributed by atoms with Gasteiger partial charge in [0.15, 0.2) is 0 Å². The Kier molecular flexibility index (Phi) is 3.08. The van der Waals surface area contributed by atoms with E-state index < -0.39 is 0 Å². The molecule has 0 unspecified atom stereocenters. The first-order valence-corrected chi connectivity index (χ1v) is 7.44. The van der Waals surface area contributed by atoms with Crippen LogP contribution in [0.4, 0.5) is 5.69 Å². The van der Waals surface area contributed by atoms with Crippen LogP contribution in [-0.4, -0.2) is 25.3 Å². The highest BCUT2D eigenvalue weighted by molar-refractivity contribution is 8.00. The minimum absolute atomic E-state index is 0.112. The molecule has 0 aromatic heterocycles. The van der Waals surface area contributed by atoms with Crippen molar-refractivity contribution in [1.82, 2.24) is 5.32 Å². The van der Waals surface area contributed by atoms with Gasteiger partial charge in [0, 0.05) is 16.9 Å². The average molecular weight is 262 g/mol. The maximum Gasteiger partial charge on any atom is 0.234 e.